The molecule has 0 spiro atoms. The Balaban J connectivity index is 1.58. The number of benzene rings is 1. The fourth-order valence-corrected chi connectivity index (χ4v) is 3.03. The molecule has 0 aliphatic carbocycles. The zero-order valence-electron chi connectivity index (χ0n) is 12.7. The lowest BCUT2D eigenvalue weighted by Crippen LogP contribution is -2.49. The van der Waals surface area contributed by atoms with E-state index < -0.39 is 5.82 Å². The van der Waals surface area contributed by atoms with Gasteiger partial charge < -0.3 is 20.2 Å². The Morgan fingerprint density at radius 2 is 2.04 bits per heavy atom. The molecule has 2 saturated heterocycles. The van der Waals surface area contributed by atoms with Crippen LogP contribution in [0.25, 0.3) is 0 Å². The minimum Gasteiger partial charge on any atom is -0.393 e. The quantitative estimate of drug-likeness (QED) is 0.857. The van der Waals surface area contributed by atoms with E-state index in [4.69, 9.17) is 0 Å². The SMILES string of the molecule is O=C(N[C@@H]1CC(=O)N(c2cccc(F)c2)C1)N1CCC(O)CC1. The molecule has 1 aromatic carbocycles. The number of aliphatic hydroxyl groups excluding tert-OH is 1. The van der Waals surface area contributed by atoms with Crippen molar-refractivity contribution in [3.63, 3.8) is 0 Å². The number of aliphatic hydroxyl groups is 1. The molecule has 2 N–H and O–H groups in total. The number of hydrogen-bond acceptors (Lipinski definition) is 3. The third-order valence-electron chi connectivity index (χ3n) is 4.32. The van der Waals surface area contributed by atoms with E-state index in [1.807, 2.05) is 0 Å². The van der Waals surface area contributed by atoms with Gasteiger partial charge in [0, 0.05) is 31.7 Å². The standard InChI is InChI=1S/C16H20FN3O3/c17-11-2-1-3-13(8-11)20-10-12(9-15(20)22)18-16(23)19-6-4-14(21)5-7-19/h1-3,8,12,14,21H,4-7,9-10H2,(H,18,23)/t12-/m1/s1. The Hall–Kier alpha value is -2.15. The lowest BCUT2D eigenvalue weighted by Gasteiger charge is -2.30. The third-order valence-corrected chi connectivity index (χ3v) is 4.32. The molecule has 1 atom stereocenters. The largest absolute Gasteiger partial charge is 0.393 e. The number of hydrogen-bond donors (Lipinski definition) is 2. The second-order valence-corrected chi connectivity index (χ2v) is 6.05. The highest BCUT2D eigenvalue weighted by Gasteiger charge is 2.33. The van der Waals surface area contributed by atoms with Crippen molar-refractivity contribution in [2.45, 2.75) is 31.4 Å². The van der Waals surface area contributed by atoms with Crippen molar-refractivity contribution in [2.24, 2.45) is 0 Å². The summed E-state index contributed by atoms with van der Waals surface area (Å²) in [6.45, 7) is 1.37. The zero-order chi connectivity index (χ0) is 16.4. The molecule has 2 aliphatic heterocycles. The first-order chi connectivity index (χ1) is 11.0. The summed E-state index contributed by atoms with van der Waals surface area (Å²) in [6, 6.07) is 5.38. The zero-order valence-corrected chi connectivity index (χ0v) is 12.7. The Kier molecular flexibility index (Phi) is 4.47. The molecule has 0 saturated carbocycles. The van der Waals surface area contributed by atoms with Gasteiger partial charge >= 0.3 is 6.03 Å². The maximum absolute atomic E-state index is 13.3. The van der Waals surface area contributed by atoms with Crippen LogP contribution >= 0.6 is 0 Å². The van der Waals surface area contributed by atoms with E-state index >= 15 is 0 Å². The van der Waals surface area contributed by atoms with Crippen molar-refractivity contribution in [1.29, 1.82) is 0 Å². The summed E-state index contributed by atoms with van der Waals surface area (Å²) < 4.78 is 13.3. The summed E-state index contributed by atoms with van der Waals surface area (Å²) in [5.74, 6) is -0.523. The second kappa shape index (κ2) is 6.54. The van der Waals surface area contributed by atoms with Crippen LogP contribution in [-0.2, 0) is 4.79 Å². The fourth-order valence-electron chi connectivity index (χ4n) is 3.03. The highest BCUT2D eigenvalue weighted by Crippen LogP contribution is 2.22. The topological polar surface area (TPSA) is 72.9 Å². The molecular formula is C16H20FN3O3. The number of halogens is 1. The van der Waals surface area contributed by atoms with E-state index in [1.54, 1.807) is 17.0 Å². The molecule has 23 heavy (non-hydrogen) atoms. The van der Waals surface area contributed by atoms with E-state index in [0.717, 1.165) is 0 Å². The van der Waals surface area contributed by atoms with E-state index in [0.29, 0.717) is 38.2 Å². The first-order valence-corrected chi connectivity index (χ1v) is 7.82. The van der Waals surface area contributed by atoms with Crippen LogP contribution < -0.4 is 10.2 Å². The molecule has 0 unspecified atom stereocenters. The average molecular weight is 321 g/mol. The molecule has 0 bridgehead atoms. The van der Waals surface area contributed by atoms with Gasteiger partial charge in [-0.25, -0.2) is 9.18 Å². The van der Waals surface area contributed by atoms with Gasteiger partial charge in [0.2, 0.25) is 5.91 Å². The summed E-state index contributed by atoms with van der Waals surface area (Å²) in [4.78, 5) is 27.5. The minimum absolute atomic E-state index is 0.130. The van der Waals surface area contributed by atoms with Gasteiger partial charge in [0.15, 0.2) is 0 Å². The maximum Gasteiger partial charge on any atom is 0.317 e. The summed E-state index contributed by atoms with van der Waals surface area (Å²) in [5.41, 5.74) is 0.507. The van der Waals surface area contributed by atoms with Crippen molar-refractivity contribution in [2.75, 3.05) is 24.5 Å². The van der Waals surface area contributed by atoms with Crippen LogP contribution in [0.5, 0.6) is 0 Å². The van der Waals surface area contributed by atoms with Gasteiger partial charge in [0.05, 0.1) is 12.1 Å². The first-order valence-electron chi connectivity index (χ1n) is 7.82. The number of amides is 3. The number of nitrogens with zero attached hydrogens (tertiary/aromatic N) is 2. The van der Waals surface area contributed by atoms with Crippen molar-refractivity contribution in [3.05, 3.63) is 30.1 Å². The second-order valence-electron chi connectivity index (χ2n) is 6.05. The Labute approximate surface area is 133 Å². The van der Waals surface area contributed by atoms with Crippen molar-refractivity contribution >= 4 is 17.6 Å². The van der Waals surface area contributed by atoms with Gasteiger partial charge in [-0.3, -0.25) is 4.79 Å². The molecule has 6 nitrogen and oxygen atoms in total. The lowest BCUT2D eigenvalue weighted by molar-refractivity contribution is -0.117. The predicted molar refractivity (Wildman–Crippen MR) is 82.5 cm³/mol. The molecule has 3 rings (SSSR count). The summed E-state index contributed by atoms with van der Waals surface area (Å²) >= 11 is 0. The normalized spacial score (nSPS) is 22.5. The van der Waals surface area contributed by atoms with E-state index in [1.165, 1.54) is 17.0 Å². The summed E-state index contributed by atoms with van der Waals surface area (Å²) in [5, 5.41) is 12.3. The molecular weight excluding hydrogens is 301 g/mol. The van der Waals surface area contributed by atoms with Crippen LogP contribution in [0.4, 0.5) is 14.9 Å². The molecule has 2 aliphatic rings. The summed E-state index contributed by atoms with van der Waals surface area (Å²) in [7, 11) is 0. The monoisotopic (exact) mass is 321 g/mol. The summed E-state index contributed by atoms with van der Waals surface area (Å²) in [6.07, 6.45) is 1.02. The predicted octanol–water partition coefficient (Wildman–Crippen LogP) is 1.10. The van der Waals surface area contributed by atoms with Gasteiger partial charge in [0.1, 0.15) is 5.82 Å². The number of likely N-dealkylation sites (tertiary alicyclic amines) is 1. The third kappa shape index (κ3) is 3.61. The van der Waals surface area contributed by atoms with Crippen molar-refractivity contribution < 1.29 is 19.1 Å². The van der Waals surface area contributed by atoms with Crippen LogP contribution in [0, 0.1) is 5.82 Å². The van der Waals surface area contributed by atoms with Crippen LogP contribution in [0.2, 0.25) is 0 Å². The molecule has 0 radical (unpaired) electrons. The van der Waals surface area contributed by atoms with E-state index in [-0.39, 0.29) is 30.5 Å². The minimum atomic E-state index is -0.394. The molecule has 7 heteroatoms. The highest BCUT2D eigenvalue weighted by molar-refractivity contribution is 5.96. The Bertz CT molecular complexity index is 602. The van der Waals surface area contributed by atoms with E-state index in [2.05, 4.69) is 5.32 Å². The van der Waals surface area contributed by atoms with Gasteiger partial charge in [-0.1, -0.05) is 6.07 Å². The van der Waals surface area contributed by atoms with Gasteiger partial charge in [-0.2, -0.15) is 0 Å². The first kappa shape index (κ1) is 15.7. The molecule has 124 valence electrons. The van der Waals surface area contributed by atoms with Crippen LogP contribution in [-0.4, -0.2) is 53.7 Å². The molecule has 1 aromatic rings. The number of nitrogens with one attached hydrogen (secondary N) is 1. The molecule has 2 heterocycles. The maximum atomic E-state index is 13.3. The Morgan fingerprint density at radius 1 is 1.30 bits per heavy atom. The van der Waals surface area contributed by atoms with Crippen molar-refractivity contribution in [1.82, 2.24) is 10.2 Å². The Morgan fingerprint density at radius 3 is 2.74 bits per heavy atom. The molecule has 2 fully saturated rings. The number of rotatable bonds is 2. The van der Waals surface area contributed by atoms with Crippen LogP contribution in [0.1, 0.15) is 19.3 Å². The number of anilines is 1. The number of urea groups is 1. The van der Waals surface area contributed by atoms with Crippen molar-refractivity contribution in [3.8, 4) is 0 Å². The lowest BCUT2D eigenvalue weighted by atomic mass is 10.1. The number of piperidine rings is 1. The van der Waals surface area contributed by atoms with Crippen LogP contribution in [0.15, 0.2) is 24.3 Å². The van der Waals surface area contributed by atoms with E-state index in [9.17, 15) is 19.1 Å². The highest BCUT2D eigenvalue weighted by atomic mass is 19.1. The number of carbonyl (C=O) groups is 2. The van der Waals surface area contributed by atoms with Gasteiger partial charge in [-0.15, -0.1) is 0 Å². The van der Waals surface area contributed by atoms with Crippen LogP contribution in [0.3, 0.4) is 0 Å². The van der Waals surface area contributed by atoms with Gasteiger partial charge in [0.25, 0.3) is 0 Å². The molecule has 0 aromatic heterocycles. The molecule has 3 amide bonds. The smallest absolute Gasteiger partial charge is 0.317 e. The fraction of sp³-hybridized carbons (Fsp3) is 0.500. The average Bonchev–Trinajstić information content (AvgIpc) is 2.88. The van der Waals surface area contributed by atoms with Gasteiger partial charge in [-0.05, 0) is 31.0 Å². The number of carbonyl (C=O) groups excluding carboxylic acids is 2.